The molecule has 0 bridgehead atoms. The minimum atomic E-state index is 0.429. The Bertz CT molecular complexity index is 209. The molecular formula is C14H30N2. The molecule has 0 saturated carbocycles. The van der Waals surface area contributed by atoms with Crippen molar-refractivity contribution in [3.63, 3.8) is 0 Å². The Morgan fingerprint density at radius 1 is 1.25 bits per heavy atom. The number of hydrogen-bond donors (Lipinski definition) is 1. The maximum absolute atomic E-state index is 3.62. The van der Waals surface area contributed by atoms with Gasteiger partial charge in [0.05, 0.1) is 0 Å². The molecule has 1 heterocycles. The Morgan fingerprint density at radius 3 is 2.38 bits per heavy atom. The van der Waals surface area contributed by atoms with Crippen molar-refractivity contribution in [2.45, 2.75) is 47.6 Å². The lowest BCUT2D eigenvalue weighted by Crippen LogP contribution is -2.55. The third kappa shape index (κ3) is 3.74. The minimum Gasteiger partial charge on any atom is -0.311 e. The molecule has 1 aliphatic heterocycles. The van der Waals surface area contributed by atoms with Gasteiger partial charge < -0.3 is 5.32 Å². The van der Waals surface area contributed by atoms with E-state index >= 15 is 0 Å². The van der Waals surface area contributed by atoms with E-state index in [0.29, 0.717) is 11.5 Å². The van der Waals surface area contributed by atoms with E-state index in [1.165, 1.54) is 19.6 Å². The van der Waals surface area contributed by atoms with E-state index in [4.69, 9.17) is 0 Å². The Hall–Kier alpha value is -0.0800. The first kappa shape index (κ1) is 14.0. The summed E-state index contributed by atoms with van der Waals surface area (Å²) in [6, 6.07) is 0.678. The molecule has 1 unspecified atom stereocenters. The fourth-order valence-corrected chi connectivity index (χ4v) is 2.19. The highest BCUT2D eigenvalue weighted by Gasteiger charge is 2.29. The quantitative estimate of drug-likeness (QED) is 0.792. The lowest BCUT2D eigenvalue weighted by molar-refractivity contribution is 0.0973. The average molecular weight is 226 g/mol. The van der Waals surface area contributed by atoms with Crippen LogP contribution in [0.15, 0.2) is 0 Å². The Labute approximate surface area is 102 Å². The molecule has 96 valence electrons. The molecule has 1 saturated heterocycles. The van der Waals surface area contributed by atoms with Crippen molar-refractivity contribution >= 4 is 0 Å². The molecule has 1 N–H and O–H groups in total. The predicted octanol–water partition coefficient (Wildman–Crippen LogP) is 2.60. The van der Waals surface area contributed by atoms with Crippen LogP contribution in [0.1, 0.15) is 41.5 Å². The summed E-state index contributed by atoms with van der Waals surface area (Å²) in [4.78, 5) is 2.64. The van der Waals surface area contributed by atoms with Crippen LogP contribution in [0.25, 0.3) is 0 Å². The van der Waals surface area contributed by atoms with Crippen LogP contribution in [0, 0.1) is 17.3 Å². The van der Waals surface area contributed by atoms with E-state index in [0.717, 1.165) is 18.4 Å². The molecule has 1 fully saturated rings. The van der Waals surface area contributed by atoms with Gasteiger partial charge in [-0.15, -0.1) is 0 Å². The summed E-state index contributed by atoms with van der Waals surface area (Å²) in [7, 11) is 0. The summed E-state index contributed by atoms with van der Waals surface area (Å²) in [6.45, 7) is 18.9. The topological polar surface area (TPSA) is 15.3 Å². The third-order valence-corrected chi connectivity index (χ3v) is 4.29. The second kappa shape index (κ2) is 5.50. The monoisotopic (exact) mass is 226 g/mol. The molecule has 0 aromatic heterocycles. The fourth-order valence-electron chi connectivity index (χ4n) is 2.19. The number of nitrogens with one attached hydrogen (secondary N) is 1. The van der Waals surface area contributed by atoms with E-state index in [-0.39, 0.29) is 0 Å². The molecule has 0 spiro atoms. The maximum atomic E-state index is 3.62. The SMILES string of the molecule is CC(C)C1CN(CC(C)(C)C(C)C)CCN1. The zero-order chi connectivity index (χ0) is 12.3. The second-order valence-electron chi connectivity index (χ2n) is 6.68. The molecule has 16 heavy (non-hydrogen) atoms. The maximum Gasteiger partial charge on any atom is 0.0218 e. The molecule has 1 rings (SSSR count). The van der Waals surface area contributed by atoms with Crippen LogP contribution in [-0.4, -0.2) is 37.1 Å². The average Bonchev–Trinajstić information content (AvgIpc) is 2.17. The normalized spacial score (nSPS) is 24.4. The van der Waals surface area contributed by atoms with Crippen LogP contribution in [0.5, 0.6) is 0 Å². The van der Waals surface area contributed by atoms with Crippen molar-refractivity contribution in [2.75, 3.05) is 26.2 Å². The van der Waals surface area contributed by atoms with E-state index in [1.807, 2.05) is 0 Å². The van der Waals surface area contributed by atoms with Gasteiger partial charge in [0.2, 0.25) is 0 Å². The first-order valence-corrected chi connectivity index (χ1v) is 6.78. The summed E-state index contributed by atoms with van der Waals surface area (Å²) in [6.07, 6.45) is 0. The van der Waals surface area contributed by atoms with Crippen LogP contribution in [0.4, 0.5) is 0 Å². The van der Waals surface area contributed by atoms with Gasteiger partial charge in [0.1, 0.15) is 0 Å². The second-order valence-corrected chi connectivity index (χ2v) is 6.68. The summed E-state index contributed by atoms with van der Waals surface area (Å²) in [5.41, 5.74) is 0.429. The molecule has 0 aromatic carbocycles. The number of rotatable bonds is 4. The molecule has 0 aliphatic carbocycles. The van der Waals surface area contributed by atoms with E-state index in [2.05, 4.69) is 51.8 Å². The predicted molar refractivity (Wildman–Crippen MR) is 71.7 cm³/mol. The first-order valence-electron chi connectivity index (χ1n) is 6.78. The standard InChI is InChI=1S/C14H30N2/c1-11(2)13-9-16(8-7-15-13)10-14(5,6)12(3)4/h11-13,15H,7-10H2,1-6H3. The zero-order valence-electron chi connectivity index (χ0n) is 12.0. The number of hydrogen-bond acceptors (Lipinski definition) is 2. The summed E-state index contributed by atoms with van der Waals surface area (Å²) in [5.74, 6) is 1.49. The van der Waals surface area contributed by atoms with Crippen LogP contribution in [-0.2, 0) is 0 Å². The molecule has 2 heteroatoms. The number of nitrogens with zero attached hydrogens (tertiary/aromatic N) is 1. The summed E-state index contributed by atoms with van der Waals surface area (Å²) < 4.78 is 0. The molecule has 0 amide bonds. The van der Waals surface area contributed by atoms with Gasteiger partial charge in [0.15, 0.2) is 0 Å². The van der Waals surface area contributed by atoms with Crippen LogP contribution in [0.2, 0.25) is 0 Å². The molecular weight excluding hydrogens is 196 g/mol. The van der Waals surface area contributed by atoms with Crippen molar-refractivity contribution in [1.82, 2.24) is 10.2 Å². The van der Waals surface area contributed by atoms with Gasteiger partial charge in [-0.25, -0.2) is 0 Å². The smallest absolute Gasteiger partial charge is 0.0218 e. The number of piperazine rings is 1. The summed E-state index contributed by atoms with van der Waals surface area (Å²) in [5, 5.41) is 3.62. The zero-order valence-corrected chi connectivity index (χ0v) is 12.0. The van der Waals surface area contributed by atoms with Crippen molar-refractivity contribution in [3.8, 4) is 0 Å². The Kier molecular flexibility index (Phi) is 4.81. The molecule has 1 aliphatic rings. The van der Waals surface area contributed by atoms with Crippen LogP contribution < -0.4 is 5.32 Å². The minimum absolute atomic E-state index is 0.429. The van der Waals surface area contributed by atoms with Gasteiger partial charge in [-0.2, -0.15) is 0 Å². The van der Waals surface area contributed by atoms with Crippen LogP contribution in [0.3, 0.4) is 0 Å². The van der Waals surface area contributed by atoms with Crippen molar-refractivity contribution < 1.29 is 0 Å². The van der Waals surface area contributed by atoms with Gasteiger partial charge in [-0.1, -0.05) is 41.5 Å². The molecule has 1 atom stereocenters. The van der Waals surface area contributed by atoms with Gasteiger partial charge in [-0.05, 0) is 17.3 Å². The van der Waals surface area contributed by atoms with Crippen molar-refractivity contribution in [1.29, 1.82) is 0 Å². The highest BCUT2D eigenvalue weighted by molar-refractivity contribution is 4.85. The molecule has 0 aromatic rings. The fraction of sp³-hybridized carbons (Fsp3) is 1.00. The lowest BCUT2D eigenvalue weighted by atomic mass is 9.80. The van der Waals surface area contributed by atoms with Crippen molar-refractivity contribution in [3.05, 3.63) is 0 Å². The van der Waals surface area contributed by atoms with Crippen LogP contribution >= 0.6 is 0 Å². The van der Waals surface area contributed by atoms with E-state index < -0.39 is 0 Å². The largest absolute Gasteiger partial charge is 0.311 e. The Balaban J connectivity index is 2.49. The van der Waals surface area contributed by atoms with Gasteiger partial charge in [0, 0.05) is 32.2 Å². The van der Waals surface area contributed by atoms with Crippen molar-refractivity contribution in [2.24, 2.45) is 17.3 Å². The molecule has 2 nitrogen and oxygen atoms in total. The highest BCUT2D eigenvalue weighted by atomic mass is 15.2. The summed E-state index contributed by atoms with van der Waals surface area (Å²) >= 11 is 0. The van der Waals surface area contributed by atoms with E-state index in [1.54, 1.807) is 0 Å². The van der Waals surface area contributed by atoms with Gasteiger partial charge in [0.25, 0.3) is 0 Å². The van der Waals surface area contributed by atoms with Gasteiger partial charge >= 0.3 is 0 Å². The van der Waals surface area contributed by atoms with Gasteiger partial charge in [-0.3, -0.25) is 4.90 Å². The first-order chi connectivity index (χ1) is 7.33. The third-order valence-electron chi connectivity index (χ3n) is 4.29. The Morgan fingerprint density at radius 2 is 1.88 bits per heavy atom. The van der Waals surface area contributed by atoms with E-state index in [9.17, 15) is 0 Å². The lowest BCUT2D eigenvalue weighted by Gasteiger charge is -2.41. The highest BCUT2D eigenvalue weighted by Crippen LogP contribution is 2.27. The molecule has 0 radical (unpaired) electrons.